The number of nitrogens with zero attached hydrogens (tertiary/aromatic N) is 1. The van der Waals surface area contributed by atoms with Crippen molar-refractivity contribution < 1.29 is 8.42 Å². The van der Waals surface area contributed by atoms with Gasteiger partial charge in [0.1, 0.15) is 0 Å². The third kappa shape index (κ3) is 2.48. The van der Waals surface area contributed by atoms with Crippen LogP contribution in [0.3, 0.4) is 0 Å². The molecule has 4 rings (SSSR count). The molecule has 1 aliphatic heterocycles. The van der Waals surface area contributed by atoms with E-state index in [1.54, 1.807) is 0 Å². The molecule has 1 aromatic heterocycles. The third-order valence-electron chi connectivity index (χ3n) is 5.32. The van der Waals surface area contributed by atoms with Gasteiger partial charge in [-0.3, -0.25) is 0 Å². The number of aromatic amines is 1. The average molecular weight is 334 g/mol. The molecule has 0 radical (unpaired) electrons. The Hall–Kier alpha value is -1.41. The molecule has 3 atom stereocenters. The molecule has 23 heavy (non-hydrogen) atoms. The zero-order chi connectivity index (χ0) is 16.2. The largest absolute Gasteiger partial charge is 0.361 e. The summed E-state index contributed by atoms with van der Waals surface area (Å²) in [5, 5.41) is 1.33. The van der Waals surface area contributed by atoms with Crippen LogP contribution < -0.4 is 9.44 Å². The molecule has 1 aliphatic carbocycles. The van der Waals surface area contributed by atoms with Crippen molar-refractivity contribution in [3.05, 3.63) is 35.5 Å². The van der Waals surface area contributed by atoms with E-state index in [4.69, 9.17) is 0 Å². The molecule has 0 saturated carbocycles. The molecular formula is C16H22N4O2S. The Morgan fingerprint density at radius 3 is 2.96 bits per heavy atom. The topological polar surface area (TPSA) is 77.2 Å². The van der Waals surface area contributed by atoms with Crippen LogP contribution in [-0.4, -0.2) is 51.0 Å². The number of rotatable bonds is 3. The van der Waals surface area contributed by atoms with E-state index in [0.717, 1.165) is 19.4 Å². The number of benzene rings is 1. The molecule has 7 heteroatoms. The number of likely N-dealkylation sites (N-methyl/N-ethyl adjacent to an activating group) is 1. The fraction of sp³-hybridized carbons (Fsp3) is 0.500. The fourth-order valence-corrected chi connectivity index (χ4v) is 5.03. The van der Waals surface area contributed by atoms with Crippen molar-refractivity contribution in [3.8, 4) is 0 Å². The smallest absolute Gasteiger partial charge is 0.276 e. The maximum absolute atomic E-state index is 11.8. The van der Waals surface area contributed by atoms with E-state index >= 15 is 0 Å². The first-order chi connectivity index (χ1) is 11.0. The van der Waals surface area contributed by atoms with Crippen molar-refractivity contribution in [2.75, 3.05) is 20.6 Å². The quantitative estimate of drug-likeness (QED) is 0.782. The minimum atomic E-state index is -3.41. The Labute approximate surface area is 136 Å². The van der Waals surface area contributed by atoms with E-state index in [9.17, 15) is 8.42 Å². The minimum absolute atomic E-state index is 0.0746. The molecule has 124 valence electrons. The van der Waals surface area contributed by atoms with Gasteiger partial charge in [-0.15, -0.1) is 0 Å². The standard InChI is InChI=1S/C16H22N4O2S/c1-17-23(21,22)19-11-7-13-12-4-3-5-14-16(12)10(8-18-14)6-15(13)20(2)9-11/h3-5,8,11,13,15,17-19H,6-7,9H2,1-2H3/t11-,13+,15+/m0/s1. The Morgan fingerprint density at radius 2 is 2.17 bits per heavy atom. The van der Waals surface area contributed by atoms with Crippen LogP contribution in [0, 0.1) is 0 Å². The minimum Gasteiger partial charge on any atom is -0.361 e. The Bertz CT molecular complexity index is 845. The normalized spacial score (nSPS) is 28.0. The highest BCUT2D eigenvalue weighted by Crippen LogP contribution is 2.42. The highest BCUT2D eigenvalue weighted by Gasteiger charge is 2.40. The summed E-state index contributed by atoms with van der Waals surface area (Å²) in [7, 11) is 0.113. The molecule has 2 aliphatic rings. The first-order valence-corrected chi connectivity index (χ1v) is 9.46. The summed E-state index contributed by atoms with van der Waals surface area (Å²) >= 11 is 0. The van der Waals surface area contributed by atoms with Gasteiger partial charge in [-0.25, -0.2) is 4.72 Å². The van der Waals surface area contributed by atoms with E-state index in [2.05, 4.69) is 50.8 Å². The van der Waals surface area contributed by atoms with Gasteiger partial charge in [-0.05, 0) is 37.1 Å². The summed E-state index contributed by atoms with van der Waals surface area (Å²) in [6.07, 6.45) is 3.97. The SMILES string of the molecule is CNS(=O)(=O)N[C@H]1C[C@@H]2c3cccc4[nH]cc(c34)C[C@H]2N(C)C1. The molecule has 0 unspecified atom stereocenters. The summed E-state index contributed by atoms with van der Waals surface area (Å²) < 4.78 is 28.8. The van der Waals surface area contributed by atoms with Crippen LogP contribution in [0.1, 0.15) is 23.5 Å². The number of piperidine rings is 1. The third-order valence-corrected chi connectivity index (χ3v) is 6.50. The summed E-state index contributed by atoms with van der Waals surface area (Å²) in [6, 6.07) is 6.74. The van der Waals surface area contributed by atoms with Gasteiger partial charge in [0.2, 0.25) is 0 Å². The molecular weight excluding hydrogens is 312 g/mol. The second kappa shape index (κ2) is 5.31. The van der Waals surface area contributed by atoms with E-state index in [-0.39, 0.29) is 6.04 Å². The van der Waals surface area contributed by atoms with Gasteiger partial charge < -0.3 is 9.88 Å². The number of nitrogens with one attached hydrogen (secondary N) is 3. The molecule has 0 amide bonds. The monoisotopic (exact) mass is 334 g/mol. The second-order valence-corrected chi connectivity index (χ2v) is 8.31. The molecule has 1 saturated heterocycles. The summed E-state index contributed by atoms with van der Waals surface area (Å²) in [4.78, 5) is 5.66. The lowest BCUT2D eigenvalue weighted by atomic mass is 9.74. The van der Waals surface area contributed by atoms with Gasteiger partial charge in [0.15, 0.2) is 0 Å². The van der Waals surface area contributed by atoms with Gasteiger partial charge in [0.25, 0.3) is 10.2 Å². The number of hydrogen-bond acceptors (Lipinski definition) is 3. The van der Waals surface area contributed by atoms with Crippen LogP contribution >= 0.6 is 0 Å². The van der Waals surface area contributed by atoms with Gasteiger partial charge in [-0.1, -0.05) is 12.1 Å². The van der Waals surface area contributed by atoms with Crippen LogP contribution in [0.2, 0.25) is 0 Å². The van der Waals surface area contributed by atoms with E-state index in [1.807, 2.05) is 0 Å². The summed E-state index contributed by atoms with van der Waals surface area (Å²) in [5.74, 6) is 0.352. The van der Waals surface area contributed by atoms with E-state index in [0.29, 0.717) is 12.0 Å². The zero-order valence-corrected chi connectivity index (χ0v) is 14.2. The maximum Gasteiger partial charge on any atom is 0.276 e. The average Bonchev–Trinajstić information content (AvgIpc) is 2.93. The van der Waals surface area contributed by atoms with Crippen molar-refractivity contribution in [1.82, 2.24) is 19.3 Å². The Kier molecular flexibility index (Phi) is 3.49. The number of H-pyrrole nitrogens is 1. The number of likely N-dealkylation sites (tertiary alicyclic amines) is 1. The Morgan fingerprint density at radius 1 is 1.35 bits per heavy atom. The van der Waals surface area contributed by atoms with Crippen LogP contribution in [0.25, 0.3) is 10.9 Å². The summed E-state index contributed by atoms with van der Waals surface area (Å²) in [5.41, 5.74) is 3.89. The van der Waals surface area contributed by atoms with Crippen molar-refractivity contribution in [2.24, 2.45) is 0 Å². The van der Waals surface area contributed by atoms with Crippen LogP contribution in [0.5, 0.6) is 0 Å². The van der Waals surface area contributed by atoms with Gasteiger partial charge in [-0.2, -0.15) is 13.1 Å². The first kappa shape index (κ1) is 15.1. The molecule has 3 N–H and O–H groups in total. The lowest BCUT2D eigenvalue weighted by molar-refractivity contribution is 0.135. The van der Waals surface area contributed by atoms with Crippen LogP contribution in [-0.2, 0) is 16.6 Å². The Balaban J connectivity index is 1.71. The van der Waals surface area contributed by atoms with Crippen LogP contribution in [0.4, 0.5) is 0 Å². The molecule has 2 aromatic rings. The lowest BCUT2D eigenvalue weighted by Gasteiger charge is -2.45. The molecule has 0 spiro atoms. The van der Waals surface area contributed by atoms with E-state index < -0.39 is 10.2 Å². The maximum atomic E-state index is 11.8. The van der Waals surface area contributed by atoms with Crippen molar-refractivity contribution in [3.63, 3.8) is 0 Å². The number of aromatic nitrogens is 1. The molecule has 1 aromatic carbocycles. The predicted molar refractivity (Wildman–Crippen MR) is 90.7 cm³/mol. The van der Waals surface area contributed by atoms with Gasteiger partial charge in [0.05, 0.1) is 0 Å². The number of hydrogen-bond donors (Lipinski definition) is 3. The molecule has 1 fully saturated rings. The van der Waals surface area contributed by atoms with Crippen molar-refractivity contribution in [2.45, 2.75) is 30.8 Å². The molecule has 2 heterocycles. The number of fused-ring (bicyclic) bond motifs is 2. The van der Waals surface area contributed by atoms with Gasteiger partial charge in [0, 0.05) is 48.7 Å². The predicted octanol–water partition coefficient (Wildman–Crippen LogP) is 0.934. The highest BCUT2D eigenvalue weighted by atomic mass is 32.2. The fourth-order valence-electron chi connectivity index (χ4n) is 4.31. The van der Waals surface area contributed by atoms with E-state index in [1.165, 1.54) is 29.1 Å². The zero-order valence-electron chi connectivity index (χ0n) is 13.3. The molecule has 0 bridgehead atoms. The highest BCUT2D eigenvalue weighted by molar-refractivity contribution is 7.87. The molecule has 6 nitrogen and oxygen atoms in total. The lowest BCUT2D eigenvalue weighted by Crippen LogP contribution is -2.55. The van der Waals surface area contributed by atoms with Crippen molar-refractivity contribution >= 4 is 21.1 Å². The van der Waals surface area contributed by atoms with Crippen molar-refractivity contribution in [1.29, 1.82) is 0 Å². The second-order valence-electron chi connectivity index (χ2n) is 6.66. The van der Waals surface area contributed by atoms with Crippen LogP contribution in [0.15, 0.2) is 24.4 Å². The summed E-state index contributed by atoms with van der Waals surface area (Å²) in [6.45, 7) is 0.734. The first-order valence-electron chi connectivity index (χ1n) is 7.98. The van der Waals surface area contributed by atoms with Gasteiger partial charge >= 0.3 is 0 Å².